The van der Waals surface area contributed by atoms with Crippen LogP contribution >= 0.6 is 28.3 Å². The molecule has 0 saturated heterocycles. The zero-order chi connectivity index (χ0) is 5.11. The van der Waals surface area contributed by atoms with Gasteiger partial charge in [0.25, 0.3) is 0 Å². The van der Waals surface area contributed by atoms with E-state index >= 15 is 0 Å². The van der Waals surface area contributed by atoms with Gasteiger partial charge in [-0.05, 0) is 0 Å². The number of hydrogen-bond acceptors (Lipinski definition) is 0. The van der Waals surface area contributed by atoms with Gasteiger partial charge in [-0.25, -0.2) is 0 Å². The molecule has 0 aliphatic carbocycles. The molecule has 0 aromatic heterocycles. The summed E-state index contributed by atoms with van der Waals surface area (Å²) in [5.74, 6) is 0. The van der Waals surface area contributed by atoms with Crippen LogP contribution in [0.1, 0.15) is 0 Å². The molecule has 0 aliphatic heterocycles. The van der Waals surface area contributed by atoms with Crippen LogP contribution < -0.4 is 0 Å². The van der Waals surface area contributed by atoms with Crippen molar-refractivity contribution in [1.29, 1.82) is 0 Å². The van der Waals surface area contributed by atoms with Gasteiger partial charge in [-0.1, -0.05) is 20.4 Å². The van der Waals surface area contributed by atoms with Gasteiger partial charge in [0, 0.05) is 19.5 Å². The second kappa shape index (κ2) is 6.73. The SMILES string of the molecule is Brc1cc[c-]cc1.Cl.[Zn]. The van der Waals surface area contributed by atoms with E-state index in [1.807, 2.05) is 24.3 Å². The van der Waals surface area contributed by atoms with Crippen molar-refractivity contribution in [3.05, 3.63) is 34.8 Å². The first-order valence-electron chi connectivity index (χ1n) is 2.01. The van der Waals surface area contributed by atoms with Crippen LogP contribution in [0.25, 0.3) is 0 Å². The molecule has 0 amide bonds. The molecule has 1 rings (SSSR count). The molecule has 0 aliphatic rings. The van der Waals surface area contributed by atoms with Crippen molar-refractivity contribution in [3.63, 3.8) is 0 Å². The third-order valence-corrected chi connectivity index (χ3v) is 1.21. The van der Waals surface area contributed by atoms with Crippen LogP contribution in [0.2, 0.25) is 0 Å². The molecule has 3 heteroatoms. The Hall–Kier alpha value is 0.613. The second-order valence-corrected chi connectivity index (χ2v) is 2.13. The zero-order valence-electron chi connectivity index (χ0n) is 4.80. The average molecular weight is 258 g/mol. The van der Waals surface area contributed by atoms with Crippen molar-refractivity contribution in [2.24, 2.45) is 0 Å². The minimum Gasteiger partial charge on any atom is -0.184 e. The summed E-state index contributed by atoms with van der Waals surface area (Å²) in [6, 6.07) is 10.5. The van der Waals surface area contributed by atoms with Gasteiger partial charge >= 0.3 is 0 Å². The summed E-state index contributed by atoms with van der Waals surface area (Å²) in [6.07, 6.45) is 0. The van der Waals surface area contributed by atoms with E-state index in [0.717, 1.165) is 4.47 Å². The van der Waals surface area contributed by atoms with Crippen molar-refractivity contribution in [1.82, 2.24) is 0 Å². The average Bonchev–Trinajstić information content (AvgIpc) is 1.69. The maximum atomic E-state index is 3.29. The molecular weight excluding hydrogens is 253 g/mol. The Balaban J connectivity index is 0. The zero-order valence-corrected chi connectivity index (χ0v) is 10.2. The summed E-state index contributed by atoms with van der Waals surface area (Å²) in [4.78, 5) is 0. The molecule has 9 heavy (non-hydrogen) atoms. The van der Waals surface area contributed by atoms with Gasteiger partial charge in [-0.2, -0.15) is 30.3 Å². The number of rotatable bonds is 0. The van der Waals surface area contributed by atoms with E-state index in [1.54, 1.807) is 0 Å². The Morgan fingerprint density at radius 1 is 1.22 bits per heavy atom. The summed E-state index contributed by atoms with van der Waals surface area (Å²) in [5.41, 5.74) is 0. The summed E-state index contributed by atoms with van der Waals surface area (Å²) in [5, 5.41) is 0. The van der Waals surface area contributed by atoms with E-state index in [-0.39, 0.29) is 31.9 Å². The molecule has 0 N–H and O–H groups in total. The van der Waals surface area contributed by atoms with Crippen molar-refractivity contribution in [3.8, 4) is 0 Å². The summed E-state index contributed by atoms with van der Waals surface area (Å²) in [7, 11) is 0. The predicted octanol–water partition coefficient (Wildman–Crippen LogP) is 2.67. The van der Waals surface area contributed by atoms with E-state index < -0.39 is 0 Å². The number of halogens is 2. The fraction of sp³-hybridized carbons (Fsp3) is 0. The van der Waals surface area contributed by atoms with Crippen LogP contribution in [0.15, 0.2) is 28.7 Å². The maximum Gasteiger partial charge on any atom is 0 e. The van der Waals surface area contributed by atoms with E-state index in [0.29, 0.717) is 0 Å². The molecule has 0 fully saturated rings. The Morgan fingerprint density at radius 3 is 1.89 bits per heavy atom. The Bertz CT molecular complexity index is 143. The minimum absolute atomic E-state index is 0. The van der Waals surface area contributed by atoms with Gasteiger partial charge in [-0.15, -0.1) is 12.4 Å². The van der Waals surface area contributed by atoms with E-state index in [1.165, 1.54) is 0 Å². The molecule has 0 spiro atoms. The van der Waals surface area contributed by atoms with E-state index in [9.17, 15) is 0 Å². The van der Waals surface area contributed by atoms with Crippen LogP contribution in [0.4, 0.5) is 0 Å². The van der Waals surface area contributed by atoms with Crippen molar-refractivity contribution >= 4 is 28.3 Å². The van der Waals surface area contributed by atoms with Gasteiger partial charge in [0.1, 0.15) is 0 Å². The quantitative estimate of drug-likeness (QED) is 0.495. The molecule has 0 unspecified atom stereocenters. The first-order chi connectivity index (χ1) is 3.39. The molecule has 0 nitrogen and oxygen atoms in total. The van der Waals surface area contributed by atoms with Gasteiger partial charge in [-0.3, -0.25) is 0 Å². The Labute approximate surface area is 82.3 Å². The molecule has 0 bridgehead atoms. The second-order valence-electron chi connectivity index (χ2n) is 1.22. The molecule has 0 saturated carbocycles. The van der Waals surface area contributed by atoms with E-state index in [2.05, 4.69) is 22.0 Å². The molecular formula is C6H5BrClZn-. The first kappa shape index (κ1) is 12.3. The Kier molecular flexibility index (Phi) is 9.20. The smallest absolute Gasteiger partial charge is 0 e. The van der Waals surface area contributed by atoms with E-state index in [4.69, 9.17) is 0 Å². The standard InChI is InChI=1S/C6H4Br.ClH.Zn/c7-6-4-2-1-3-5-6;;/h2-5H;1H;/q-1;;. The fourth-order valence-electron chi connectivity index (χ4n) is 0.367. The van der Waals surface area contributed by atoms with Crippen molar-refractivity contribution in [2.45, 2.75) is 0 Å². The van der Waals surface area contributed by atoms with Crippen LogP contribution in [0, 0.1) is 6.07 Å². The monoisotopic (exact) mass is 255 g/mol. The Morgan fingerprint density at radius 2 is 1.67 bits per heavy atom. The van der Waals surface area contributed by atoms with Gasteiger partial charge in [0.05, 0.1) is 0 Å². The topological polar surface area (TPSA) is 0 Å². The summed E-state index contributed by atoms with van der Waals surface area (Å²) < 4.78 is 1.10. The number of hydrogen-bond donors (Lipinski definition) is 0. The molecule has 46 valence electrons. The molecule has 0 atom stereocenters. The third kappa shape index (κ3) is 5.08. The predicted molar refractivity (Wildman–Crippen MR) is 40.2 cm³/mol. The van der Waals surface area contributed by atoms with Crippen LogP contribution in [0.3, 0.4) is 0 Å². The largest absolute Gasteiger partial charge is 0.184 e. The van der Waals surface area contributed by atoms with Gasteiger partial charge in [0.15, 0.2) is 0 Å². The molecule has 0 radical (unpaired) electrons. The third-order valence-electron chi connectivity index (χ3n) is 0.678. The first-order valence-corrected chi connectivity index (χ1v) is 2.80. The van der Waals surface area contributed by atoms with Crippen LogP contribution in [-0.2, 0) is 19.5 Å². The normalized spacial score (nSPS) is 6.78. The fourth-order valence-corrected chi connectivity index (χ4v) is 0.631. The van der Waals surface area contributed by atoms with Crippen LogP contribution in [0.5, 0.6) is 0 Å². The molecule has 1 aromatic carbocycles. The van der Waals surface area contributed by atoms with Crippen molar-refractivity contribution < 1.29 is 19.5 Å². The molecule has 0 heterocycles. The summed E-state index contributed by atoms with van der Waals surface area (Å²) in [6.45, 7) is 0. The summed E-state index contributed by atoms with van der Waals surface area (Å²) >= 11 is 3.29. The minimum atomic E-state index is 0. The number of benzene rings is 1. The van der Waals surface area contributed by atoms with Crippen LogP contribution in [-0.4, -0.2) is 0 Å². The maximum absolute atomic E-state index is 3.29. The van der Waals surface area contributed by atoms with Gasteiger partial charge in [0.2, 0.25) is 0 Å². The van der Waals surface area contributed by atoms with Gasteiger partial charge < -0.3 is 0 Å². The van der Waals surface area contributed by atoms with Crippen molar-refractivity contribution in [2.75, 3.05) is 0 Å². The molecule has 1 aromatic rings.